The van der Waals surface area contributed by atoms with E-state index in [0.29, 0.717) is 23.7 Å². The highest BCUT2D eigenvalue weighted by molar-refractivity contribution is 14.1. The van der Waals surface area contributed by atoms with Crippen LogP contribution in [0.2, 0.25) is 0 Å². The summed E-state index contributed by atoms with van der Waals surface area (Å²) in [4.78, 5) is 0. The lowest BCUT2D eigenvalue weighted by Gasteiger charge is -2.10. The van der Waals surface area contributed by atoms with Gasteiger partial charge in [-0.05, 0) is 45.9 Å². The average Bonchev–Trinajstić information content (AvgIpc) is 2.89. The molecule has 1 aromatic carbocycles. The van der Waals surface area contributed by atoms with E-state index >= 15 is 0 Å². The molecular weight excluding hydrogens is 403 g/mol. The van der Waals surface area contributed by atoms with Crippen LogP contribution in [0.25, 0.3) is 6.08 Å². The van der Waals surface area contributed by atoms with Crippen LogP contribution in [-0.2, 0) is 6.54 Å². The molecule has 0 saturated heterocycles. The van der Waals surface area contributed by atoms with E-state index in [9.17, 15) is 0 Å². The molecule has 2 aromatic rings. The number of nitrogens with one attached hydrogen (secondary N) is 2. The van der Waals surface area contributed by atoms with E-state index in [2.05, 4.69) is 51.4 Å². The number of allylic oxidation sites excluding steroid dienone is 2. The summed E-state index contributed by atoms with van der Waals surface area (Å²) in [6, 6.07) is 5.79. The predicted octanol–water partition coefficient (Wildman–Crippen LogP) is 3.42. The van der Waals surface area contributed by atoms with Crippen molar-refractivity contribution in [3.63, 3.8) is 0 Å². The van der Waals surface area contributed by atoms with Crippen LogP contribution in [0.3, 0.4) is 0 Å². The van der Waals surface area contributed by atoms with Crippen molar-refractivity contribution in [3.05, 3.63) is 64.0 Å². The summed E-state index contributed by atoms with van der Waals surface area (Å²) >= 11 is 2.06. The van der Waals surface area contributed by atoms with Gasteiger partial charge in [0.1, 0.15) is 5.69 Å². The summed E-state index contributed by atoms with van der Waals surface area (Å²) < 4.78 is 2.41. The number of nitrogens with two attached hydrogens (primary N) is 1. The quantitative estimate of drug-likeness (QED) is 0.210. The van der Waals surface area contributed by atoms with Crippen molar-refractivity contribution >= 4 is 46.4 Å². The van der Waals surface area contributed by atoms with Crippen molar-refractivity contribution in [2.45, 2.75) is 6.54 Å². The van der Waals surface area contributed by atoms with Crippen molar-refractivity contribution in [1.82, 2.24) is 15.0 Å². The Kier molecular flexibility index (Phi) is 5.69. The van der Waals surface area contributed by atoms with Crippen LogP contribution in [0.4, 0.5) is 11.5 Å². The third-order valence-electron chi connectivity index (χ3n) is 3.05. The average molecular weight is 420 g/mol. The summed E-state index contributed by atoms with van der Waals surface area (Å²) in [5.41, 5.74) is 9.07. The number of hydrogen-bond donors (Lipinski definition) is 3. The second-order valence-corrected chi connectivity index (χ2v) is 6.02. The van der Waals surface area contributed by atoms with Crippen molar-refractivity contribution in [1.29, 1.82) is 5.41 Å². The third-order valence-corrected chi connectivity index (χ3v) is 3.32. The van der Waals surface area contributed by atoms with Gasteiger partial charge in [-0.25, -0.2) is 4.68 Å². The Morgan fingerprint density at radius 2 is 2.26 bits per heavy atom. The Labute approximate surface area is 148 Å². The molecule has 0 fully saturated rings. The van der Waals surface area contributed by atoms with Gasteiger partial charge in [-0.2, -0.15) is 0 Å². The molecular formula is C16H17IN6. The Bertz CT molecular complexity index is 775. The van der Waals surface area contributed by atoms with E-state index in [1.165, 1.54) is 0 Å². The molecule has 0 atom stereocenters. The van der Waals surface area contributed by atoms with Crippen molar-refractivity contribution in [3.8, 4) is 0 Å². The lowest BCUT2D eigenvalue weighted by Crippen LogP contribution is -2.08. The first kappa shape index (κ1) is 16.9. The molecule has 7 heteroatoms. The van der Waals surface area contributed by atoms with Crippen LogP contribution in [0.1, 0.15) is 16.8 Å². The van der Waals surface area contributed by atoms with Gasteiger partial charge >= 0.3 is 0 Å². The number of benzene rings is 1. The fraction of sp³-hybridized carbons (Fsp3) is 0.0625. The van der Waals surface area contributed by atoms with Crippen LogP contribution in [-0.4, -0.2) is 21.2 Å². The van der Waals surface area contributed by atoms with Crippen LogP contribution < -0.4 is 11.1 Å². The number of anilines is 2. The number of nitrogens with zero attached hydrogens (tertiary/aromatic N) is 3. The van der Waals surface area contributed by atoms with E-state index < -0.39 is 0 Å². The molecule has 0 unspecified atom stereocenters. The van der Waals surface area contributed by atoms with E-state index in [0.717, 1.165) is 21.0 Å². The largest absolute Gasteiger partial charge is 0.398 e. The highest BCUT2D eigenvalue weighted by atomic mass is 127. The molecule has 1 aromatic heterocycles. The monoisotopic (exact) mass is 420 g/mol. The SMILES string of the molecule is C=C/C=C\c1cc(Cn2nnc(C=N)c2NC(=C)I)ccc1N. The standard InChI is InChI=1S/C16H17IN6/c1-3-4-5-13-8-12(6-7-14(13)19)10-23-16(20-11(2)17)15(9-18)21-22-23/h3-9,18,20H,1-2,10,19H2/b5-4-,18-9?. The number of aromatic nitrogens is 3. The maximum atomic E-state index is 7.41. The number of hydrogen-bond acceptors (Lipinski definition) is 5. The highest BCUT2D eigenvalue weighted by Crippen LogP contribution is 2.20. The molecule has 2 rings (SSSR count). The normalized spacial score (nSPS) is 10.7. The molecule has 0 amide bonds. The lowest BCUT2D eigenvalue weighted by molar-refractivity contribution is 0.656. The zero-order chi connectivity index (χ0) is 16.8. The number of halogens is 1. The molecule has 0 bridgehead atoms. The van der Waals surface area contributed by atoms with Gasteiger partial charge in [-0.1, -0.05) is 42.7 Å². The first-order valence-corrected chi connectivity index (χ1v) is 7.86. The lowest BCUT2D eigenvalue weighted by atomic mass is 10.1. The molecule has 0 aliphatic carbocycles. The van der Waals surface area contributed by atoms with Crippen LogP contribution in [0.5, 0.6) is 0 Å². The molecule has 0 spiro atoms. The molecule has 1 heterocycles. The topological polar surface area (TPSA) is 92.6 Å². The highest BCUT2D eigenvalue weighted by Gasteiger charge is 2.12. The Morgan fingerprint density at radius 3 is 2.91 bits per heavy atom. The first-order chi connectivity index (χ1) is 11.0. The molecule has 6 nitrogen and oxygen atoms in total. The molecule has 0 aliphatic rings. The Morgan fingerprint density at radius 1 is 1.48 bits per heavy atom. The second kappa shape index (κ2) is 7.73. The molecule has 0 radical (unpaired) electrons. The van der Waals surface area contributed by atoms with Crippen LogP contribution in [0, 0.1) is 5.41 Å². The smallest absolute Gasteiger partial charge is 0.159 e. The number of nitrogen functional groups attached to an aromatic ring is 1. The second-order valence-electron chi connectivity index (χ2n) is 4.71. The van der Waals surface area contributed by atoms with Gasteiger partial charge < -0.3 is 16.5 Å². The maximum Gasteiger partial charge on any atom is 0.159 e. The van der Waals surface area contributed by atoms with Gasteiger partial charge in [0.2, 0.25) is 0 Å². The van der Waals surface area contributed by atoms with Gasteiger partial charge in [0.15, 0.2) is 5.82 Å². The van der Waals surface area contributed by atoms with E-state index in [4.69, 9.17) is 11.1 Å². The molecule has 4 N–H and O–H groups in total. The zero-order valence-corrected chi connectivity index (χ0v) is 14.6. The van der Waals surface area contributed by atoms with Crippen LogP contribution in [0.15, 0.2) is 47.2 Å². The Balaban J connectivity index is 2.34. The molecule has 0 aliphatic heterocycles. The zero-order valence-electron chi connectivity index (χ0n) is 12.5. The summed E-state index contributed by atoms with van der Waals surface area (Å²) in [7, 11) is 0. The minimum absolute atomic E-state index is 0.463. The summed E-state index contributed by atoms with van der Waals surface area (Å²) in [6.07, 6.45) is 6.60. The summed E-state index contributed by atoms with van der Waals surface area (Å²) in [5.74, 6) is 0.638. The minimum atomic E-state index is 0.463. The van der Waals surface area contributed by atoms with Gasteiger partial charge in [-0.15, -0.1) is 5.10 Å². The molecule has 0 saturated carbocycles. The van der Waals surface area contributed by atoms with Gasteiger partial charge in [-0.3, -0.25) is 0 Å². The predicted molar refractivity (Wildman–Crippen MR) is 104 cm³/mol. The fourth-order valence-corrected chi connectivity index (χ4v) is 2.26. The Hall–Kier alpha value is -2.42. The third kappa shape index (κ3) is 4.28. The van der Waals surface area contributed by atoms with Gasteiger partial charge in [0, 0.05) is 11.9 Å². The fourth-order valence-electron chi connectivity index (χ4n) is 2.00. The van der Waals surface area contributed by atoms with Gasteiger partial charge in [0.05, 0.1) is 10.2 Å². The van der Waals surface area contributed by atoms with E-state index in [-0.39, 0.29) is 0 Å². The van der Waals surface area contributed by atoms with Crippen LogP contribution >= 0.6 is 22.6 Å². The first-order valence-electron chi connectivity index (χ1n) is 6.78. The van der Waals surface area contributed by atoms with Crippen molar-refractivity contribution < 1.29 is 0 Å². The van der Waals surface area contributed by atoms with E-state index in [1.54, 1.807) is 10.8 Å². The number of rotatable bonds is 7. The van der Waals surface area contributed by atoms with Gasteiger partial charge in [0.25, 0.3) is 0 Å². The summed E-state index contributed by atoms with van der Waals surface area (Å²) in [5, 5.41) is 18.6. The van der Waals surface area contributed by atoms with E-state index in [1.807, 2.05) is 30.4 Å². The maximum absolute atomic E-state index is 7.41. The van der Waals surface area contributed by atoms with Crippen molar-refractivity contribution in [2.24, 2.45) is 0 Å². The minimum Gasteiger partial charge on any atom is -0.398 e. The molecule has 23 heavy (non-hydrogen) atoms. The molecule has 118 valence electrons. The summed E-state index contributed by atoms with van der Waals surface area (Å²) in [6.45, 7) is 7.97. The van der Waals surface area contributed by atoms with Crippen molar-refractivity contribution in [2.75, 3.05) is 11.1 Å².